The van der Waals surface area contributed by atoms with Crippen LogP contribution in [0.2, 0.25) is 0 Å². The van der Waals surface area contributed by atoms with Crippen molar-refractivity contribution >= 4 is 0 Å². The monoisotopic (exact) mass is 482 g/mol. The van der Waals surface area contributed by atoms with Crippen molar-refractivity contribution in [1.82, 2.24) is 0 Å². The van der Waals surface area contributed by atoms with E-state index in [4.69, 9.17) is 4.74 Å². The summed E-state index contributed by atoms with van der Waals surface area (Å²) in [4.78, 5) is 0. The van der Waals surface area contributed by atoms with E-state index in [1.54, 1.807) is 6.07 Å². The second kappa shape index (κ2) is 10.9. The van der Waals surface area contributed by atoms with E-state index in [9.17, 15) is 13.2 Å². The van der Waals surface area contributed by atoms with Crippen LogP contribution in [0.1, 0.15) is 105 Å². The summed E-state index contributed by atoms with van der Waals surface area (Å²) in [5, 5.41) is 0. The van der Waals surface area contributed by atoms with E-state index in [0.717, 1.165) is 63.4 Å². The third-order valence-electron chi connectivity index (χ3n) is 8.71. The molecule has 35 heavy (non-hydrogen) atoms. The average Bonchev–Trinajstić information content (AvgIpc) is 3.71. The summed E-state index contributed by atoms with van der Waals surface area (Å²) in [6.07, 6.45) is 13.8. The van der Waals surface area contributed by atoms with Gasteiger partial charge in [0.05, 0.1) is 6.61 Å². The Morgan fingerprint density at radius 1 is 0.829 bits per heavy atom. The molecular formula is C31H37F3O. The lowest BCUT2D eigenvalue weighted by atomic mass is 9.76. The number of ether oxygens (including phenoxy) is 1. The third kappa shape index (κ3) is 5.69. The van der Waals surface area contributed by atoms with Crippen molar-refractivity contribution in [3.05, 3.63) is 82.2 Å². The number of halogens is 3. The number of hydrogen-bond donors (Lipinski definition) is 0. The van der Waals surface area contributed by atoms with Gasteiger partial charge in [0.2, 0.25) is 0 Å². The zero-order valence-electron chi connectivity index (χ0n) is 20.7. The minimum atomic E-state index is -0.637. The Bertz CT molecular complexity index is 1040. The van der Waals surface area contributed by atoms with Crippen LogP contribution in [0.15, 0.2) is 42.5 Å². The highest BCUT2D eigenvalue weighted by molar-refractivity contribution is 5.31. The molecule has 2 aliphatic carbocycles. The van der Waals surface area contributed by atoms with Gasteiger partial charge in [-0.1, -0.05) is 36.4 Å². The molecule has 2 aromatic carbocycles. The van der Waals surface area contributed by atoms with Gasteiger partial charge in [0.15, 0.2) is 11.6 Å². The van der Waals surface area contributed by atoms with Crippen molar-refractivity contribution in [2.45, 2.75) is 89.1 Å². The standard InChI is InChI=1S/C31H37F3O/c1-2-3-20-6-11-23(12-7-20)26-16-14-24(30(33)31(26)34)13-8-21-4-9-22(10-5-21)25-15-17-27(28(32)18-25)29-19-35-29/h2-3,14-18,20-23,29H,4-13,19H2,1H3/b3-2+. The van der Waals surface area contributed by atoms with E-state index in [0.29, 0.717) is 47.5 Å². The maximum Gasteiger partial charge on any atom is 0.162 e. The summed E-state index contributed by atoms with van der Waals surface area (Å²) in [6, 6.07) is 9.29. The van der Waals surface area contributed by atoms with E-state index in [-0.39, 0.29) is 17.8 Å². The molecule has 1 atom stereocenters. The first-order valence-corrected chi connectivity index (χ1v) is 13.5. The van der Waals surface area contributed by atoms with Crippen LogP contribution in [0.25, 0.3) is 0 Å². The number of benzene rings is 2. The minimum absolute atomic E-state index is 0.0580. The van der Waals surface area contributed by atoms with Gasteiger partial charge in [0, 0.05) is 5.56 Å². The molecule has 1 heterocycles. The predicted octanol–water partition coefficient (Wildman–Crippen LogP) is 8.93. The average molecular weight is 483 g/mol. The molecule has 0 amide bonds. The van der Waals surface area contributed by atoms with Gasteiger partial charge in [0.1, 0.15) is 11.9 Å². The Labute approximate surface area is 207 Å². The largest absolute Gasteiger partial charge is 0.368 e. The van der Waals surface area contributed by atoms with E-state index in [2.05, 4.69) is 18.2 Å². The maximum atomic E-state index is 15.0. The molecule has 3 aliphatic rings. The minimum Gasteiger partial charge on any atom is -0.368 e. The Morgan fingerprint density at radius 3 is 2.17 bits per heavy atom. The van der Waals surface area contributed by atoms with Gasteiger partial charge >= 0.3 is 0 Å². The van der Waals surface area contributed by atoms with E-state index in [1.807, 2.05) is 25.1 Å². The molecule has 1 unspecified atom stereocenters. The van der Waals surface area contributed by atoms with Gasteiger partial charge in [-0.2, -0.15) is 0 Å². The molecule has 3 fully saturated rings. The first kappa shape index (κ1) is 24.6. The van der Waals surface area contributed by atoms with Crippen LogP contribution < -0.4 is 0 Å². The van der Waals surface area contributed by atoms with Crippen molar-refractivity contribution < 1.29 is 17.9 Å². The van der Waals surface area contributed by atoms with E-state index < -0.39 is 11.6 Å². The van der Waals surface area contributed by atoms with Gasteiger partial charge in [-0.05, 0) is 118 Å². The topological polar surface area (TPSA) is 12.5 Å². The molecule has 4 heteroatoms. The first-order valence-electron chi connectivity index (χ1n) is 13.5. The molecule has 5 rings (SSSR count). The van der Waals surface area contributed by atoms with Crippen LogP contribution in [0, 0.1) is 29.3 Å². The van der Waals surface area contributed by atoms with Crippen LogP contribution >= 0.6 is 0 Å². The summed E-state index contributed by atoms with van der Waals surface area (Å²) in [7, 11) is 0. The predicted molar refractivity (Wildman–Crippen MR) is 134 cm³/mol. The lowest BCUT2D eigenvalue weighted by Gasteiger charge is -2.29. The van der Waals surface area contributed by atoms with E-state index >= 15 is 0 Å². The molecule has 1 saturated heterocycles. The van der Waals surface area contributed by atoms with Gasteiger partial charge in [-0.15, -0.1) is 0 Å². The quantitative estimate of drug-likeness (QED) is 0.283. The third-order valence-corrected chi connectivity index (χ3v) is 8.71. The normalized spacial score (nSPS) is 29.0. The van der Waals surface area contributed by atoms with Crippen molar-refractivity contribution in [2.75, 3.05) is 6.61 Å². The number of aryl methyl sites for hydroxylation is 1. The summed E-state index contributed by atoms with van der Waals surface area (Å²) < 4.78 is 49.5. The van der Waals surface area contributed by atoms with Gasteiger partial charge < -0.3 is 4.74 Å². The first-order chi connectivity index (χ1) is 17.0. The summed E-state index contributed by atoms with van der Waals surface area (Å²) >= 11 is 0. The van der Waals surface area contributed by atoms with Gasteiger partial charge in [-0.3, -0.25) is 0 Å². The Morgan fingerprint density at radius 2 is 1.51 bits per heavy atom. The van der Waals surface area contributed by atoms with Gasteiger partial charge in [0.25, 0.3) is 0 Å². The highest BCUT2D eigenvalue weighted by Gasteiger charge is 2.30. The fourth-order valence-electron chi connectivity index (χ4n) is 6.44. The molecule has 0 radical (unpaired) electrons. The van der Waals surface area contributed by atoms with E-state index in [1.165, 1.54) is 0 Å². The molecule has 2 aromatic rings. The van der Waals surface area contributed by atoms with Crippen molar-refractivity contribution in [3.8, 4) is 0 Å². The summed E-state index contributed by atoms with van der Waals surface area (Å²) in [5.41, 5.74) is 2.82. The summed E-state index contributed by atoms with van der Waals surface area (Å²) in [5.74, 6) is 0.189. The fourth-order valence-corrected chi connectivity index (χ4v) is 6.44. The second-order valence-electron chi connectivity index (χ2n) is 10.9. The van der Waals surface area contributed by atoms with Crippen LogP contribution in [0.4, 0.5) is 13.2 Å². The Kier molecular flexibility index (Phi) is 7.67. The molecule has 0 N–H and O–H groups in total. The second-order valence-corrected chi connectivity index (χ2v) is 10.9. The van der Waals surface area contributed by atoms with Crippen molar-refractivity contribution in [1.29, 1.82) is 0 Å². The number of epoxide rings is 1. The zero-order valence-corrected chi connectivity index (χ0v) is 20.7. The molecular weight excluding hydrogens is 445 g/mol. The molecule has 0 spiro atoms. The van der Waals surface area contributed by atoms with Crippen molar-refractivity contribution in [2.24, 2.45) is 11.8 Å². The SMILES string of the molecule is C/C=C/C1CCC(c2ccc(CCC3CCC(c4ccc(C5CO5)c(F)c4)CC3)c(F)c2F)CC1. The van der Waals surface area contributed by atoms with Crippen LogP contribution in [-0.2, 0) is 11.2 Å². The molecule has 1 aliphatic heterocycles. The highest BCUT2D eigenvalue weighted by Crippen LogP contribution is 2.41. The Balaban J connectivity index is 1.13. The maximum absolute atomic E-state index is 15.0. The molecule has 0 aromatic heterocycles. The van der Waals surface area contributed by atoms with Crippen LogP contribution in [0.5, 0.6) is 0 Å². The number of hydrogen-bond acceptors (Lipinski definition) is 1. The van der Waals surface area contributed by atoms with Crippen LogP contribution in [0.3, 0.4) is 0 Å². The van der Waals surface area contributed by atoms with Crippen molar-refractivity contribution in [3.63, 3.8) is 0 Å². The smallest absolute Gasteiger partial charge is 0.162 e. The highest BCUT2D eigenvalue weighted by atomic mass is 19.2. The lowest BCUT2D eigenvalue weighted by molar-refractivity contribution is 0.308. The fraction of sp³-hybridized carbons (Fsp3) is 0.548. The zero-order chi connectivity index (χ0) is 24.4. The molecule has 1 nitrogen and oxygen atoms in total. The van der Waals surface area contributed by atoms with Crippen LogP contribution in [-0.4, -0.2) is 6.61 Å². The number of allylic oxidation sites excluding steroid dienone is 2. The Hall–Kier alpha value is -2.07. The molecule has 188 valence electrons. The number of rotatable bonds is 7. The van der Waals surface area contributed by atoms with Gasteiger partial charge in [-0.25, -0.2) is 13.2 Å². The molecule has 2 saturated carbocycles. The lowest BCUT2D eigenvalue weighted by Crippen LogP contribution is -2.15. The summed E-state index contributed by atoms with van der Waals surface area (Å²) in [6.45, 7) is 2.66. The molecule has 0 bridgehead atoms.